The standard InChI is InChI=1S/C15H19F3N2O3/c1-23-11-6-4-10(5-7-11)19-14(22)12-3-2-8-20(12)9-13(21)15(16,17)18/h4-7,12-13,21H,2-3,8-9H2,1H3,(H,19,22). The maximum absolute atomic E-state index is 12.5. The van der Waals surface area contributed by atoms with E-state index in [1.54, 1.807) is 24.3 Å². The molecule has 0 bridgehead atoms. The summed E-state index contributed by atoms with van der Waals surface area (Å²) in [7, 11) is 1.52. The van der Waals surface area contributed by atoms with Crippen molar-refractivity contribution in [2.24, 2.45) is 0 Å². The Bertz CT molecular complexity index is 534. The highest BCUT2D eigenvalue weighted by Crippen LogP contribution is 2.25. The average Bonchev–Trinajstić information content (AvgIpc) is 2.95. The van der Waals surface area contributed by atoms with Crippen molar-refractivity contribution >= 4 is 11.6 Å². The Balaban J connectivity index is 1.97. The summed E-state index contributed by atoms with van der Waals surface area (Å²) in [6.45, 7) is -0.238. The van der Waals surface area contributed by atoms with Crippen molar-refractivity contribution in [2.75, 3.05) is 25.5 Å². The van der Waals surface area contributed by atoms with Crippen molar-refractivity contribution in [3.8, 4) is 5.75 Å². The van der Waals surface area contributed by atoms with E-state index in [0.29, 0.717) is 30.8 Å². The maximum atomic E-state index is 12.5. The van der Waals surface area contributed by atoms with Crippen molar-refractivity contribution in [1.82, 2.24) is 4.90 Å². The average molecular weight is 332 g/mol. The van der Waals surface area contributed by atoms with E-state index in [4.69, 9.17) is 4.74 Å². The van der Waals surface area contributed by atoms with E-state index in [1.807, 2.05) is 0 Å². The number of carbonyl (C=O) groups is 1. The monoisotopic (exact) mass is 332 g/mol. The van der Waals surface area contributed by atoms with Crippen LogP contribution in [-0.4, -0.2) is 54.4 Å². The molecule has 1 aliphatic rings. The lowest BCUT2D eigenvalue weighted by atomic mass is 10.2. The number of anilines is 1. The first-order valence-corrected chi connectivity index (χ1v) is 7.25. The number of likely N-dealkylation sites (tertiary alicyclic amines) is 1. The number of methoxy groups -OCH3 is 1. The molecular weight excluding hydrogens is 313 g/mol. The van der Waals surface area contributed by atoms with Gasteiger partial charge in [-0.2, -0.15) is 13.2 Å². The van der Waals surface area contributed by atoms with Crippen molar-refractivity contribution in [1.29, 1.82) is 0 Å². The van der Waals surface area contributed by atoms with Gasteiger partial charge in [-0.15, -0.1) is 0 Å². The number of nitrogens with one attached hydrogen (secondary N) is 1. The Hall–Kier alpha value is -1.80. The van der Waals surface area contributed by atoms with Crippen LogP contribution in [0.1, 0.15) is 12.8 Å². The van der Waals surface area contributed by atoms with Crippen molar-refractivity contribution < 1.29 is 27.8 Å². The van der Waals surface area contributed by atoms with E-state index >= 15 is 0 Å². The van der Waals surface area contributed by atoms with Gasteiger partial charge in [0.05, 0.1) is 13.2 Å². The fraction of sp³-hybridized carbons (Fsp3) is 0.533. The highest BCUT2D eigenvalue weighted by molar-refractivity contribution is 5.95. The summed E-state index contributed by atoms with van der Waals surface area (Å²) < 4.78 is 42.4. The molecule has 1 saturated heterocycles. The van der Waals surface area contributed by atoms with Gasteiger partial charge in [-0.25, -0.2) is 0 Å². The number of β-amino-alcohol motifs (C(OH)–C–C–N with tert-alkyl or cyclic N) is 1. The number of carbonyl (C=O) groups excluding carboxylic acids is 1. The van der Waals surface area contributed by atoms with Crippen LogP contribution >= 0.6 is 0 Å². The first-order valence-electron chi connectivity index (χ1n) is 7.25. The highest BCUT2D eigenvalue weighted by atomic mass is 19.4. The van der Waals surface area contributed by atoms with Crippen LogP contribution in [-0.2, 0) is 4.79 Å². The Kier molecular flexibility index (Phi) is 5.48. The molecule has 2 rings (SSSR count). The largest absolute Gasteiger partial charge is 0.497 e. The van der Waals surface area contributed by atoms with Gasteiger partial charge in [0.15, 0.2) is 6.10 Å². The molecule has 128 valence electrons. The number of amides is 1. The van der Waals surface area contributed by atoms with Crippen LogP contribution in [0, 0.1) is 0 Å². The quantitative estimate of drug-likeness (QED) is 0.866. The minimum absolute atomic E-state index is 0.355. The third-order valence-corrected chi connectivity index (χ3v) is 3.81. The van der Waals surface area contributed by atoms with Crippen LogP contribution in [0.25, 0.3) is 0 Å². The topological polar surface area (TPSA) is 61.8 Å². The van der Waals surface area contributed by atoms with Crippen LogP contribution in [0.5, 0.6) is 5.75 Å². The minimum atomic E-state index is -4.68. The molecule has 0 saturated carbocycles. The molecule has 0 spiro atoms. The number of halogens is 3. The molecule has 8 heteroatoms. The van der Waals surface area contributed by atoms with E-state index in [1.165, 1.54) is 12.0 Å². The molecule has 1 aliphatic heterocycles. The molecule has 5 nitrogen and oxygen atoms in total. The van der Waals surface area contributed by atoms with Crippen molar-refractivity contribution in [3.05, 3.63) is 24.3 Å². The minimum Gasteiger partial charge on any atom is -0.497 e. The van der Waals surface area contributed by atoms with E-state index in [-0.39, 0.29) is 5.91 Å². The predicted molar refractivity (Wildman–Crippen MR) is 78.3 cm³/mol. The number of aliphatic hydroxyl groups excluding tert-OH is 1. The second kappa shape index (κ2) is 7.18. The Labute approximate surface area is 132 Å². The maximum Gasteiger partial charge on any atom is 0.415 e. The molecular formula is C15H19F3N2O3. The van der Waals surface area contributed by atoms with Crippen LogP contribution in [0.3, 0.4) is 0 Å². The zero-order valence-electron chi connectivity index (χ0n) is 12.6. The van der Waals surface area contributed by atoms with Crippen molar-refractivity contribution in [3.63, 3.8) is 0 Å². The fourth-order valence-corrected chi connectivity index (χ4v) is 2.57. The lowest BCUT2D eigenvalue weighted by Crippen LogP contribution is -2.46. The van der Waals surface area contributed by atoms with Crippen LogP contribution in [0.2, 0.25) is 0 Å². The molecule has 2 unspecified atom stereocenters. The first kappa shape index (κ1) is 17.6. The fourth-order valence-electron chi connectivity index (χ4n) is 2.57. The second-order valence-electron chi connectivity index (χ2n) is 5.43. The first-order chi connectivity index (χ1) is 10.8. The van der Waals surface area contributed by atoms with Crippen LogP contribution in [0.15, 0.2) is 24.3 Å². The molecule has 2 atom stereocenters. The number of nitrogens with zero attached hydrogens (tertiary/aromatic N) is 1. The molecule has 1 aromatic rings. The molecule has 0 aromatic heterocycles. The molecule has 23 heavy (non-hydrogen) atoms. The third kappa shape index (κ3) is 4.59. The summed E-state index contributed by atoms with van der Waals surface area (Å²) in [6, 6.07) is 5.99. The number of benzene rings is 1. The molecule has 2 N–H and O–H groups in total. The predicted octanol–water partition coefficient (Wildman–Crippen LogP) is 2.02. The molecule has 1 fully saturated rings. The molecule has 0 radical (unpaired) electrons. The van der Waals surface area contributed by atoms with E-state index in [9.17, 15) is 23.1 Å². The Morgan fingerprint density at radius 3 is 2.65 bits per heavy atom. The van der Waals surface area contributed by atoms with Gasteiger partial charge >= 0.3 is 6.18 Å². The number of aliphatic hydroxyl groups is 1. The van der Waals surface area contributed by atoms with Crippen LogP contribution in [0.4, 0.5) is 18.9 Å². The van der Waals surface area contributed by atoms with Gasteiger partial charge in [0.2, 0.25) is 5.91 Å². The van der Waals surface area contributed by atoms with Crippen molar-refractivity contribution in [2.45, 2.75) is 31.2 Å². The van der Waals surface area contributed by atoms with Crippen LogP contribution < -0.4 is 10.1 Å². The Morgan fingerprint density at radius 2 is 2.09 bits per heavy atom. The molecule has 1 heterocycles. The summed E-state index contributed by atoms with van der Waals surface area (Å²) >= 11 is 0. The highest BCUT2D eigenvalue weighted by Gasteiger charge is 2.42. The van der Waals surface area contributed by atoms with Gasteiger partial charge in [0.1, 0.15) is 5.75 Å². The molecule has 1 aromatic carbocycles. The Morgan fingerprint density at radius 1 is 1.43 bits per heavy atom. The van der Waals surface area contributed by atoms with Gasteiger partial charge in [-0.1, -0.05) is 0 Å². The number of hydrogen-bond acceptors (Lipinski definition) is 4. The summed E-state index contributed by atoms with van der Waals surface area (Å²) in [5, 5.41) is 11.9. The summed E-state index contributed by atoms with van der Waals surface area (Å²) in [6.07, 6.45) is -6.05. The zero-order chi connectivity index (χ0) is 17.0. The zero-order valence-corrected chi connectivity index (χ0v) is 12.6. The number of hydrogen-bond donors (Lipinski definition) is 2. The summed E-state index contributed by atoms with van der Waals surface area (Å²) in [4.78, 5) is 13.6. The van der Waals surface area contributed by atoms with Gasteiger partial charge in [-0.05, 0) is 43.7 Å². The van der Waals surface area contributed by atoms with Gasteiger partial charge in [0, 0.05) is 12.2 Å². The molecule has 0 aliphatic carbocycles. The number of ether oxygens (including phenoxy) is 1. The number of rotatable bonds is 5. The third-order valence-electron chi connectivity index (χ3n) is 3.81. The van der Waals surface area contributed by atoms with Gasteiger partial charge < -0.3 is 15.2 Å². The summed E-state index contributed by atoms with van der Waals surface area (Å²) in [5.74, 6) is 0.265. The molecule has 1 amide bonds. The van der Waals surface area contributed by atoms with E-state index < -0.39 is 24.9 Å². The summed E-state index contributed by atoms with van der Waals surface area (Å²) in [5.41, 5.74) is 0.541. The van der Waals surface area contributed by atoms with E-state index in [2.05, 4.69) is 5.32 Å². The number of alkyl halides is 3. The van der Waals surface area contributed by atoms with E-state index in [0.717, 1.165) is 0 Å². The lowest BCUT2D eigenvalue weighted by molar-refractivity contribution is -0.208. The smallest absolute Gasteiger partial charge is 0.415 e. The van der Waals surface area contributed by atoms with Gasteiger partial charge in [-0.3, -0.25) is 9.69 Å². The van der Waals surface area contributed by atoms with Gasteiger partial charge in [0.25, 0.3) is 0 Å². The SMILES string of the molecule is COc1ccc(NC(=O)C2CCCN2CC(O)C(F)(F)F)cc1. The second-order valence-corrected chi connectivity index (χ2v) is 5.43. The normalized spacial score (nSPS) is 20.3. The lowest BCUT2D eigenvalue weighted by Gasteiger charge is -2.26.